The lowest BCUT2D eigenvalue weighted by Crippen LogP contribution is -3.00. The molecule has 0 radical (unpaired) electrons. The molecule has 2 rings (SSSR count). The molecule has 56 valence electrons. The molecule has 2 heterocycles. The van der Waals surface area contributed by atoms with Gasteiger partial charge < -0.3 is 17.3 Å². The summed E-state index contributed by atoms with van der Waals surface area (Å²) in [6, 6.07) is 0. The Morgan fingerprint density at radius 2 is 2.27 bits per heavy atom. The fraction of sp³-hybridized carbons (Fsp3) is 0.111. The second kappa shape index (κ2) is 3.38. The van der Waals surface area contributed by atoms with Crippen LogP contribution in [0.4, 0.5) is 0 Å². The third kappa shape index (κ3) is 1.51. The van der Waals surface area contributed by atoms with E-state index in [0.29, 0.717) is 0 Å². The Hall–Kier alpha value is -1.04. The van der Waals surface area contributed by atoms with Crippen molar-refractivity contribution in [2.45, 2.75) is 0 Å². The van der Waals surface area contributed by atoms with E-state index in [4.69, 9.17) is 0 Å². The fourth-order valence-electron chi connectivity index (χ4n) is 1.08. The van der Waals surface area contributed by atoms with Crippen LogP contribution in [0.2, 0.25) is 0 Å². The highest BCUT2D eigenvalue weighted by Gasteiger charge is 2.13. The zero-order valence-electron chi connectivity index (χ0n) is 6.00. The summed E-state index contributed by atoms with van der Waals surface area (Å²) in [6.45, 7) is 0.975. The molecule has 0 aromatic carbocycles. The van der Waals surface area contributed by atoms with Crippen molar-refractivity contribution in [3.63, 3.8) is 0 Å². The van der Waals surface area contributed by atoms with Crippen molar-refractivity contribution in [3.05, 3.63) is 48.4 Å². The highest BCUT2D eigenvalue weighted by atomic mass is 35.5. The van der Waals surface area contributed by atoms with Crippen molar-refractivity contribution in [2.75, 3.05) is 6.54 Å². The summed E-state index contributed by atoms with van der Waals surface area (Å²) in [7, 11) is 0. The number of fused-ring (bicyclic) bond motifs is 1. The molecule has 0 spiro atoms. The molecule has 0 unspecified atom stereocenters. The molecule has 0 saturated carbocycles. The molecule has 0 saturated heterocycles. The summed E-state index contributed by atoms with van der Waals surface area (Å²) in [4.78, 5) is 2.15. The molecule has 0 aromatic rings. The van der Waals surface area contributed by atoms with E-state index in [1.54, 1.807) is 0 Å². The van der Waals surface area contributed by atoms with E-state index in [0.717, 1.165) is 12.2 Å². The Balaban J connectivity index is 0.000000605. The van der Waals surface area contributed by atoms with Crippen molar-refractivity contribution in [3.8, 4) is 0 Å². The van der Waals surface area contributed by atoms with Crippen molar-refractivity contribution >= 4 is 0 Å². The number of rotatable bonds is 0. The number of halogens is 1. The lowest BCUT2D eigenvalue weighted by atomic mass is 10.2. The Kier molecular flexibility index (Phi) is 2.48. The normalized spacial score (nSPS) is 18.2. The van der Waals surface area contributed by atoms with Crippen LogP contribution >= 0.6 is 0 Å². The zero-order chi connectivity index (χ0) is 6.81. The number of nitrogens with zero attached hydrogens (tertiary/aromatic N) is 1. The SMILES string of the molecule is [C+]1=C2C=CC=CN2CC=C1.[Cl-]. The van der Waals surface area contributed by atoms with Gasteiger partial charge in [-0.2, -0.15) is 0 Å². The van der Waals surface area contributed by atoms with Crippen molar-refractivity contribution in [1.29, 1.82) is 0 Å². The molecule has 2 heteroatoms. The van der Waals surface area contributed by atoms with E-state index in [9.17, 15) is 0 Å². The molecule has 0 atom stereocenters. The van der Waals surface area contributed by atoms with Gasteiger partial charge in [-0.1, -0.05) is 0 Å². The van der Waals surface area contributed by atoms with Crippen LogP contribution in [-0.4, -0.2) is 11.4 Å². The van der Waals surface area contributed by atoms with Crippen LogP contribution in [0.1, 0.15) is 0 Å². The van der Waals surface area contributed by atoms with Crippen LogP contribution in [0.25, 0.3) is 0 Å². The van der Waals surface area contributed by atoms with E-state index in [-0.39, 0.29) is 12.4 Å². The maximum atomic E-state index is 3.14. The molecular weight excluding hydrogens is 158 g/mol. The average Bonchev–Trinajstić information content (AvgIpc) is 2.05. The molecule has 0 aromatic heterocycles. The fourth-order valence-corrected chi connectivity index (χ4v) is 1.08. The first-order valence-electron chi connectivity index (χ1n) is 3.37. The third-order valence-electron chi connectivity index (χ3n) is 1.59. The van der Waals surface area contributed by atoms with Crippen LogP contribution in [-0.2, 0) is 0 Å². The van der Waals surface area contributed by atoms with E-state index >= 15 is 0 Å². The van der Waals surface area contributed by atoms with Gasteiger partial charge in [0.15, 0.2) is 0 Å². The molecule has 0 fully saturated rings. The summed E-state index contributed by atoms with van der Waals surface area (Å²) in [5.41, 5.74) is 1.16. The Morgan fingerprint density at radius 3 is 3.09 bits per heavy atom. The molecule has 2 aliphatic heterocycles. The molecular formula is C9H8ClN. The van der Waals surface area contributed by atoms with E-state index in [2.05, 4.69) is 29.3 Å². The molecule has 0 bridgehead atoms. The first-order chi connectivity index (χ1) is 4.97. The van der Waals surface area contributed by atoms with Gasteiger partial charge in [0.2, 0.25) is 5.70 Å². The van der Waals surface area contributed by atoms with Crippen LogP contribution in [0.15, 0.2) is 42.3 Å². The van der Waals surface area contributed by atoms with Crippen LogP contribution < -0.4 is 12.4 Å². The minimum atomic E-state index is 0. The quantitative estimate of drug-likeness (QED) is 0.401. The standard InChI is InChI=1S/C9H8N.ClH/c1-3-7-10-8-4-2-6-9(10)5-1;/h1-5,7H,8H2;1H/q+1;/p-1. The van der Waals surface area contributed by atoms with Gasteiger partial charge >= 0.3 is 0 Å². The van der Waals surface area contributed by atoms with Gasteiger partial charge in [-0.05, 0) is 12.2 Å². The van der Waals surface area contributed by atoms with Crippen LogP contribution in [0.3, 0.4) is 0 Å². The van der Waals surface area contributed by atoms with E-state index in [1.807, 2.05) is 18.2 Å². The smallest absolute Gasteiger partial charge is 0.209 e. The van der Waals surface area contributed by atoms with Crippen molar-refractivity contribution in [1.82, 2.24) is 4.90 Å². The van der Waals surface area contributed by atoms with Gasteiger partial charge in [-0.25, -0.2) is 0 Å². The predicted octanol–water partition coefficient (Wildman–Crippen LogP) is -1.37. The van der Waals surface area contributed by atoms with Crippen LogP contribution in [0.5, 0.6) is 0 Å². The average molecular weight is 166 g/mol. The van der Waals surface area contributed by atoms with Gasteiger partial charge in [0.1, 0.15) is 6.08 Å². The lowest BCUT2D eigenvalue weighted by Gasteiger charge is -2.16. The molecule has 0 N–H and O–H groups in total. The van der Waals surface area contributed by atoms with Gasteiger partial charge in [0.25, 0.3) is 0 Å². The highest BCUT2D eigenvalue weighted by molar-refractivity contribution is 5.30. The largest absolute Gasteiger partial charge is 1.00 e. The molecule has 0 aliphatic carbocycles. The lowest BCUT2D eigenvalue weighted by molar-refractivity contribution is -0.00000195. The summed E-state index contributed by atoms with van der Waals surface area (Å²) in [6.07, 6.45) is 15.4. The molecule has 2 aliphatic rings. The number of hydrogen-bond acceptors (Lipinski definition) is 1. The van der Waals surface area contributed by atoms with Gasteiger partial charge in [0, 0.05) is 12.3 Å². The predicted molar refractivity (Wildman–Crippen MR) is 40.9 cm³/mol. The molecule has 1 nitrogen and oxygen atoms in total. The summed E-state index contributed by atoms with van der Waals surface area (Å²) in [5, 5.41) is 0. The Bertz CT molecular complexity index is 248. The van der Waals surface area contributed by atoms with Gasteiger partial charge in [0.05, 0.1) is 18.7 Å². The topological polar surface area (TPSA) is 3.24 Å². The minimum absolute atomic E-state index is 0. The monoisotopic (exact) mass is 165 g/mol. The van der Waals surface area contributed by atoms with Gasteiger partial charge in [-0.3, -0.25) is 0 Å². The second-order valence-electron chi connectivity index (χ2n) is 2.28. The Labute approximate surface area is 72.8 Å². The maximum absolute atomic E-state index is 3.14. The number of allylic oxidation sites excluding steroid dienone is 5. The van der Waals surface area contributed by atoms with Gasteiger partial charge in [-0.15, -0.1) is 0 Å². The summed E-state index contributed by atoms with van der Waals surface area (Å²) >= 11 is 0. The molecule has 0 amide bonds. The maximum Gasteiger partial charge on any atom is 0.209 e. The number of hydrogen-bond donors (Lipinski definition) is 0. The van der Waals surface area contributed by atoms with Crippen molar-refractivity contribution in [2.24, 2.45) is 0 Å². The minimum Gasteiger partial charge on any atom is -1.00 e. The Morgan fingerprint density at radius 1 is 1.36 bits per heavy atom. The first kappa shape index (κ1) is 8.06. The highest BCUT2D eigenvalue weighted by Crippen LogP contribution is 2.14. The van der Waals surface area contributed by atoms with E-state index < -0.39 is 0 Å². The summed E-state index contributed by atoms with van der Waals surface area (Å²) < 4.78 is 0. The second-order valence-corrected chi connectivity index (χ2v) is 2.28. The van der Waals surface area contributed by atoms with Crippen LogP contribution in [0, 0.1) is 6.08 Å². The van der Waals surface area contributed by atoms with E-state index in [1.165, 1.54) is 0 Å². The summed E-state index contributed by atoms with van der Waals surface area (Å²) in [5.74, 6) is 0. The third-order valence-corrected chi connectivity index (χ3v) is 1.59. The zero-order valence-corrected chi connectivity index (χ0v) is 6.75. The van der Waals surface area contributed by atoms with Crippen molar-refractivity contribution < 1.29 is 12.4 Å². The first-order valence-corrected chi connectivity index (χ1v) is 3.37. The molecule has 11 heavy (non-hydrogen) atoms.